The molecular weight excluding hydrogens is 408 g/mol. The molecule has 1 aliphatic heterocycles. The van der Waals surface area contributed by atoms with Crippen molar-refractivity contribution >= 4 is 11.6 Å². The van der Waals surface area contributed by atoms with Gasteiger partial charge in [-0.25, -0.2) is 4.39 Å². The van der Waals surface area contributed by atoms with E-state index in [-0.39, 0.29) is 17.3 Å². The first-order valence-corrected chi connectivity index (χ1v) is 10.8. The van der Waals surface area contributed by atoms with Crippen LogP contribution in [-0.4, -0.2) is 36.0 Å². The molecule has 2 aromatic rings. The highest BCUT2D eigenvalue weighted by Crippen LogP contribution is 2.35. The van der Waals surface area contributed by atoms with E-state index in [2.05, 4.69) is 4.90 Å². The van der Waals surface area contributed by atoms with Gasteiger partial charge in [0.25, 0.3) is 5.91 Å². The number of nitrogens with zero attached hydrogens (tertiary/aromatic N) is 2. The first kappa shape index (κ1) is 21.8. The molecule has 2 aromatic carbocycles. The Morgan fingerprint density at radius 3 is 2.42 bits per heavy atom. The van der Waals surface area contributed by atoms with E-state index < -0.39 is 23.5 Å². The highest BCUT2D eigenvalue weighted by molar-refractivity contribution is 6.06. The molecule has 7 heteroatoms. The summed E-state index contributed by atoms with van der Waals surface area (Å²) in [7, 11) is 0. The molecule has 4 rings (SSSR count). The molecule has 0 N–H and O–H groups in total. The van der Waals surface area contributed by atoms with Gasteiger partial charge in [0.2, 0.25) is 0 Å². The molecule has 31 heavy (non-hydrogen) atoms. The number of carbonyl (C=O) groups is 1. The first-order chi connectivity index (χ1) is 14.8. The fraction of sp³-hybridized carbons (Fsp3) is 0.458. The van der Waals surface area contributed by atoms with Gasteiger partial charge in [0.05, 0.1) is 17.2 Å². The van der Waals surface area contributed by atoms with Crippen molar-refractivity contribution in [3.8, 4) is 0 Å². The van der Waals surface area contributed by atoms with E-state index >= 15 is 0 Å². The zero-order valence-electron chi connectivity index (χ0n) is 17.2. The smallest absolute Gasteiger partial charge is 0.304 e. The average Bonchev–Trinajstić information content (AvgIpc) is 3.24. The van der Waals surface area contributed by atoms with E-state index in [1.165, 1.54) is 54.5 Å². The third-order valence-corrected chi connectivity index (χ3v) is 6.43. The highest BCUT2D eigenvalue weighted by atomic mass is 19.4. The average molecular weight is 434 g/mol. The second kappa shape index (κ2) is 8.99. The minimum atomic E-state index is -4.52. The van der Waals surface area contributed by atoms with E-state index in [1.54, 1.807) is 6.07 Å². The van der Waals surface area contributed by atoms with Gasteiger partial charge in [0.1, 0.15) is 5.82 Å². The van der Waals surface area contributed by atoms with Gasteiger partial charge in [-0.05, 0) is 49.6 Å². The van der Waals surface area contributed by atoms with Crippen LogP contribution in [0.25, 0.3) is 0 Å². The lowest BCUT2D eigenvalue weighted by Crippen LogP contribution is -2.44. The molecule has 1 unspecified atom stereocenters. The van der Waals surface area contributed by atoms with Gasteiger partial charge in [-0.1, -0.05) is 37.5 Å². The Labute approximate surface area is 179 Å². The van der Waals surface area contributed by atoms with Crippen LogP contribution in [0.15, 0.2) is 48.5 Å². The maximum atomic E-state index is 14.4. The fourth-order valence-electron chi connectivity index (χ4n) is 4.85. The van der Waals surface area contributed by atoms with Crippen LogP contribution in [-0.2, 0) is 6.18 Å². The number of halogens is 4. The number of likely N-dealkylation sites (tertiary alicyclic amines) is 1. The van der Waals surface area contributed by atoms with E-state index in [0.717, 1.165) is 31.5 Å². The standard InChI is InChI=1S/C24H26F4N2O/c25-22-12-5-4-11-21(22)23(31)30(19-10-6-7-17(15-19)24(26,27)28)20-13-14-29(16-20)18-8-2-1-3-9-18/h4-7,10-12,15,18,20H,1-3,8-9,13-14,16H2. The Morgan fingerprint density at radius 1 is 0.968 bits per heavy atom. The fourth-order valence-corrected chi connectivity index (χ4v) is 4.85. The van der Waals surface area contributed by atoms with E-state index in [0.29, 0.717) is 19.0 Å². The molecule has 1 heterocycles. The maximum absolute atomic E-state index is 14.4. The third kappa shape index (κ3) is 4.76. The number of anilines is 1. The number of alkyl halides is 3. The van der Waals surface area contributed by atoms with Gasteiger partial charge in [-0.3, -0.25) is 9.69 Å². The second-order valence-corrected chi connectivity index (χ2v) is 8.43. The lowest BCUT2D eigenvalue weighted by atomic mass is 9.94. The molecule has 3 nitrogen and oxygen atoms in total. The molecule has 0 aromatic heterocycles. The number of carbonyl (C=O) groups excluding carboxylic acids is 1. The quantitative estimate of drug-likeness (QED) is 0.560. The SMILES string of the molecule is O=C(c1ccccc1F)N(c1cccc(C(F)(F)F)c1)C1CCN(C2CCCCC2)C1. The van der Waals surface area contributed by atoms with Crippen molar-refractivity contribution in [2.75, 3.05) is 18.0 Å². The molecule has 166 valence electrons. The lowest BCUT2D eigenvalue weighted by Gasteiger charge is -2.33. The first-order valence-electron chi connectivity index (χ1n) is 10.8. The molecule has 1 saturated heterocycles. The van der Waals surface area contributed by atoms with Crippen molar-refractivity contribution in [3.63, 3.8) is 0 Å². The number of rotatable bonds is 4. The van der Waals surface area contributed by atoms with Gasteiger partial charge in [-0.15, -0.1) is 0 Å². The van der Waals surface area contributed by atoms with Gasteiger partial charge < -0.3 is 4.90 Å². The van der Waals surface area contributed by atoms with Gasteiger partial charge in [-0.2, -0.15) is 13.2 Å². The number of benzene rings is 2. The molecule has 0 spiro atoms. The van der Waals surface area contributed by atoms with Gasteiger partial charge >= 0.3 is 6.18 Å². The van der Waals surface area contributed by atoms with Crippen LogP contribution in [0, 0.1) is 5.82 Å². The minimum absolute atomic E-state index is 0.129. The Bertz CT molecular complexity index is 924. The molecule has 0 radical (unpaired) electrons. The van der Waals surface area contributed by atoms with Crippen LogP contribution in [0.4, 0.5) is 23.2 Å². The maximum Gasteiger partial charge on any atom is 0.416 e. The molecule has 1 aliphatic carbocycles. The van der Waals surface area contributed by atoms with Crippen molar-refractivity contribution in [1.29, 1.82) is 0 Å². The van der Waals surface area contributed by atoms with E-state index in [1.807, 2.05) is 0 Å². The summed E-state index contributed by atoms with van der Waals surface area (Å²) in [4.78, 5) is 17.1. The van der Waals surface area contributed by atoms with E-state index in [9.17, 15) is 22.4 Å². The second-order valence-electron chi connectivity index (χ2n) is 8.43. The Hall–Kier alpha value is -2.41. The molecular formula is C24H26F4N2O. The van der Waals surface area contributed by atoms with Crippen molar-refractivity contribution in [1.82, 2.24) is 4.90 Å². The van der Waals surface area contributed by atoms with Crippen LogP contribution in [0.5, 0.6) is 0 Å². The summed E-state index contributed by atoms with van der Waals surface area (Å²) in [5.74, 6) is -1.28. The topological polar surface area (TPSA) is 23.6 Å². The Balaban J connectivity index is 1.67. The zero-order valence-corrected chi connectivity index (χ0v) is 17.2. The predicted molar refractivity (Wildman–Crippen MR) is 112 cm³/mol. The van der Waals surface area contributed by atoms with Crippen LogP contribution in [0.1, 0.15) is 54.4 Å². The van der Waals surface area contributed by atoms with Crippen LogP contribution < -0.4 is 4.90 Å². The summed E-state index contributed by atoms with van der Waals surface area (Å²) in [6.07, 6.45) is 1.93. The summed E-state index contributed by atoms with van der Waals surface area (Å²) < 4.78 is 54.4. The van der Waals surface area contributed by atoms with Gasteiger partial charge in [0.15, 0.2) is 0 Å². The summed E-state index contributed by atoms with van der Waals surface area (Å²) in [6.45, 7) is 1.37. The molecule has 1 amide bonds. The highest BCUT2D eigenvalue weighted by Gasteiger charge is 2.37. The summed E-state index contributed by atoms with van der Waals surface area (Å²) in [5.41, 5.74) is -0.798. The summed E-state index contributed by atoms with van der Waals surface area (Å²) in [6, 6.07) is 10.5. The van der Waals surface area contributed by atoms with Crippen LogP contribution in [0.2, 0.25) is 0 Å². The predicted octanol–water partition coefficient (Wildman–Crippen LogP) is 5.90. The van der Waals surface area contributed by atoms with Crippen molar-refractivity contribution in [3.05, 3.63) is 65.5 Å². The minimum Gasteiger partial charge on any atom is -0.304 e. The molecule has 0 bridgehead atoms. The Morgan fingerprint density at radius 2 is 1.71 bits per heavy atom. The summed E-state index contributed by atoms with van der Waals surface area (Å²) in [5, 5.41) is 0. The summed E-state index contributed by atoms with van der Waals surface area (Å²) >= 11 is 0. The Kier molecular flexibility index (Phi) is 6.32. The molecule has 2 fully saturated rings. The third-order valence-electron chi connectivity index (χ3n) is 6.43. The monoisotopic (exact) mass is 434 g/mol. The van der Waals surface area contributed by atoms with Crippen molar-refractivity contribution in [2.24, 2.45) is 0 Å². The molecule has 2 aliphatic rings. The largest absolute Gasteiger partial charge is 0.416 e. The lowest BCUT2D eigenvalue weighted by molar-refractivity contribution is -0.137. The zero-order chi connectivity index (χ0) is 22.0. The van der Waals surface area contributed by atoms with Crippen LogP contribution >= 0.6 is 0 Å². The number of amides is 1. The molecule has 1 saturated carbocycles. The molecule has 1 atom stereocenters. The van der Waals surface area contributed by atoms with Crippen LogP contribution in [0.3, 0.4) is 0 Å². The number of hydrogen-bond donors (Lipinski definition) is 0. The van der Waals surface area contributed by atoms with Gasteiger partial charge in [0, 0.05) is 24.8 Å². The van der Waals surface area contributed by atoms with Crippen molar-refractivity contribution < 1.29 is 22.4 Å². The van der Waals surface area contributed by atoms with E-state index in [4.69, 9.17) is 0 Å². The van der Waals surface area contributed by atoms with Crippen molar-refractivity contribution in [2.45, 2.75) is 56.8 Å². The number of hydrogen-bond acceptors (Lipinski definition) is 2. The normalized spacial score (nSPS) is 20.7.